The first-order valence-corrected chi connectivity index (χ1v) is 5.24. The van der Waals surface area contributed by atoms with E-state index in [1.54, 1.807) is 5.32 Å². The van der Waals surface area contributed by atoms with Gasteiger partial charge in [0.15, 0.2) is 5.78 Å². The number of imide groups is 1. The number of nitrogens with one attached hydrogen (secondary N) is 1. The van der Waals surface area contributed by atoms with E-state index in [0.717, 1.165) is 0 Å². The topological polar surface area (TPSA) is 66.5 Å². The number of alkyl halides is 3. The molecule has 5 nitrogen and oxygen atoms in total. The third-order valence-corrected chi connectivity index (χ3v) is 2.80. The fourth-order valence-corrected chi connectivity index (χ4v) is 1.37. The molecule has 1 aliphatic rings. The lowest BCUT2D eigenvalue weighted by Crippen LogP contribution is -2.56. The van der Waals surface area contributed by atoms with Gasteiger partial charge in [0.25, 0.3) is 5.91 Å². The molecule has 18 heavy (non-hydrogen) atoms. The number of carbonyl (C=O) groups is 3. The third kappa shape index (κ3) is 2.19. The minimum absolute atomic E-state index is 0.301. The van der Waals surface area contributed by atoms with E-state index < -0.39 is 41.9 Å². The molecule has 1 heterocycles. The predicted octanol–water partition coefficient (Wildman–Crippen LogP) is 1.08. The highest BCUT2D eigenvalue weighted by molar-refractivity contribution is 6.09. The lowest BCUT2D eigenvalue weighted by atomic mass is 10.0. The fraction of sp³-hybridized carbons (Fsp3) is 0.700. The summed E-state index contributed by atoms with van der Waals surface area (Å²) in [6.45, 7) is 2.99. The Hall–Kier alpha value is -1.60. The number of ketones is 1. The maximum atomic E-state index is 12.7. The molecule has 1 saturated heterocycles. The minimum atomic E-state index is -4.91. The molecular formula is C10H13F3N2O3. The van der Waals surface area contributed by atoms with Crippen LogP contribution in [0.25, 0.3) is 0 Å². The van der Waals surface area contributed by atoms with Crippen molar-refractivity contribution in [1.82, 2.24) is 10.2 Å². The zero-order valence-electron chi connectivity index (χ0n) is 10.1. The molecule has 0 aromatic rings. The molecule has 0 radical (unpaired) electrons. The molecule has 1 atom stereocenters. The van der Waals surface area contributed by atoms with Crippen LogP contribution in [0.2, 0.25) is 0 Å². The Labute approximate surface area is 101 Å². The molecule has 1 unspecified atom stereocenters. The Balaban J connectivity index is 2.96. The van der Waals surface area contributed by atoms with Crippen molar-refractivity contribution in [3.05, 3.63) is 0 Å². The Morgan fingerprint density at radius 3 is 2.22 bits per heavy atom. The summed E-state index contributed by atoms with van der Waals surface area (Å²) in [6, 6.07) is -1.20. The zero-order valence-corrected chi connectivity index (χ0v) is 10.1. The number of nitrogens with zero attached hydrogens (tertiary/aromatic N) is 1. The molecule has 1 fully saturated rings. The first kappa shape index (κ1) is 14.5. The molecule has 0 aromatic carbocycles. The van der Waals surface area contributed by atoms with Gasteiger partial charge in [-0.05, 0) is 6.92 Å². The van der Waals surface area contributed by atoms with Crippen molar-refractivity contribution < 1.29 is 27.6 Å². The Bertz CT molecular complexity index is 406. The smallest absolute Gasteiger partial charge is 0.316 e. The van der Waals surface area contributed by atoms with Crippen molar-refractivity contribution in [2.75, 3.05) is 6.54 Å². The van der Waals surface area contributed by atoms with E-state index in [4.69, 9.17) is 0 Å². The Morgan fingerprint density at radius 1 is 1.39 bits per heavy atom. The maximum Gasteiger partial charge on any atom is 0.420 e. The molecule has 8 heteroatoms. The van der Waals surface area contributed by atoms with Gasteiger partial charge in [-0.1, -0.05) is 13.8 Å². The summed E-state index contributed by atoms with van der Waals surface area (Å²) in [5.41, 5.74) is -2.96. The van der Waals surface area contributed by atoms with Crippen LogP contribution in [0.1, 0.15) is 20.8 Å². The van der Waals surface area contributed by atoms with Crippen LogP contribution in [0.3, 0.4) is 0 Å². The van der Waals surface area contributed by atoms with Gasteiger partial charge in [-0.15, -0.1) is 0 Å². The lowest BCUT2D eigenvalue weighted by Gasteiger charge is -2.24. The van der Waals surface area contributed by atoms with Crippen LogP contribution in [0.15, 0.2) is 0 Å². The number of urea groups is 1. The van der Waals surface area contributed by atoms with E-state index in [0.29, 0.717) is 11.8 Å². The van der Waals surface area contributed by atoms with E-state index >= 15 is 0 Å². The molecule has 0 bridgehead atoms. The quantitative estimate of drug-likeness (QED) is 0.777. The van der Waals surface area contributed by atoms with Gasteiger partial charge in [0.1, 0.15) is 0 Å². The van der Waals surface area contributed by atoms with Gasteiger partial charge in [-0.3, -0.25) is 14.5 Å². The number of amides is 3. The number of Topliss-reactive ketones (excluding diaryl/α,β-unsaturated/α-hetero) is 1. The number of hydrogen-bond acceptors (Lipinski definition) is 3. The first-order valence-electron chi connectivity index (χ1n) is 5.24. The zero-order chi connectivity index (χ0) is 14.3. The summed E-state index contributed by atoms with van der Waals surface area (Å²) >= 11 is 0. The van der Waals surface area contributed by atoms with Gasteiger partial charge in [-0.2, -0.15) is 13.2 Å². The van der Waals surface area contributed by atoms with Crippen molar-refractivity contribution in [3.63, 3.8) is 0 Å². The van der Waals surface area contributed by atoms with E-state index in [2.05, 4.69) is 0 Å². The summed E-state index contributed by atoms with van der Waals surface area (Å²) in [5.74, 6) is -2.40. The van der Waals surface area contributed by atoms with Crippen LogP contribution in [0.4, 0.5) is 18.0 Å². The van der Waals surface area contributed by atoms with E-state index in [9.17, 15) is 27.6 Å². The second-order valence-corrected chi connectivity index (χ2v) is 4.57. The van der Waals surface area contributed by atoms with Crippen molar-refractivity contribution in [1.29, 1.82) is 0 Å². The van der Waals surface area contributed by atoms with Crippen molar-refractivity contribution >= 4 is 17.7 Å². The maximum absolute atomic E-state index is 12.7. The van der Waals surface area contributed by atoms with Gasteiger partial charge in [0, 0.05) is 5.92 Å². The second kappa shape index (κ2) is 4.25. The van der Waals surface area contributed by atoms with Crippen LogP contribution in [-0.4, -0.2) is 40.9 Å². The molecule has 0 aliphatic carbocycles. The summed E-state index contributed by atoms with van der Waals surface area (Å²) in [7, 11) is 0. The molecule has 1 N–H and O–H groups in total. The molecule has 1 rings (SSSR count). The molecular weight excluding hydrogens is 253 g/mol. The standard InChI is InChI=1S/C10H13F3N2O3/c1-5(2)6(16)4-15-7(17)9(3,10(11,12)13)14-8(15)18/h5H,4H2,1-3H3,(H,14,18). The number of rotatable bonds is 3. The average molecular weight is 266 g/mol. The van der Waals surface area contributed by atoms with Gasteiger partial charge in [-0.25, -0.2) is 4.79 Å². The summed E-state index contributed by atoms with van der Waals surface area (Å²) in [5, 5.41) is 1.57. The molecule has 1 aliphatic heterocycles. The lowest BCUT2D eigenvalue weighted by molar-refractivity contribution is -0.191. The van der Waals surface area contributed by atoms with Crippen molar-refractivity contribution in [3.8, 4) is 0 Å². The van der Waals surface area contributed by atoms with Gasteiger partial charge in [0.05, 0.1) is 6.54 Å². The molecule has 0 spiro atoms. The van der Waals surface area contributed by atoms with Crippen LogP contribution in [-0.2, 0) is 9.59 Å². The van der Waals surface area contributed by atoms with E-state index in [1.165, 1.54) is 13.8 Å². The number of hydrogen-bond donors (Lipinski definition) is 1. The molecule has 0 aromatic heterocycles. The average Bonchev–Trinajstić information content (AvgIpc) is 2.42. The van der Waals surface area contributed by atoms with Crippen molar-refractivity contribution in [2.24, 2.45) is 5.92 Å². The number of halogens is 3. The van der Waals surface area contributed by atoms with Gasteiger partial charge in [0.2, 0.25) is 5.54 Å². The summed E-state index contributed by atoms with van der Waals surface area (Å²) < 4.78 is 38.1. The predicted molar refractivity (Wildman–Crippen MR) is 54.5 cm³/mol. The monoisotopic (exact) mass is 266 g/mol. The van der Waals surface area contributed by atoms with E-state index in [1.807, 2.05) is 0 Å². The fourth-order valence-electron chi connectivity index (χ4n) is 1.37. The second-order valence-electron chi connectivity index (χ2n) is 4.57. The number of carbonyl (C=O) groups excluding carboxylic acids is 3. The van der Waals surface area contributed by atoms with Gasteiger partial charge < -0.3 is 5.32 Å². The van der Waals surface area contributed by atoms with Crippen LogP contribution in [0.5, 0.6) is 0 Å². The SMILES string of the molecule is CC(C)C(=O)CN1C(=O)NC(C)(C(F)(F)F)C1=O. The third-order valence-electron chi connectivity index (χ3n) is 2.80. The molecule has 102 valence electrons. The largest absolute Gasteiger partial charge is 0.420 e. The highest BCUT2D eigenvalue weighted by atomic mass is 19.4. The normalized spacial score (nSPS) is 24.7. The Kier molecular flexibility index (Phi) is 3.42. The highest BCUT2D eigenvalue weighted by Gasteiger charge is 2.64. The highest BCUT2D eigenvalue weighted by Crippen LogP contribution is 2.35. The van der Waals surface area contributed by atoms with Gasteiger partial charge >= 0.3 is 12.2 Å². The summed E-state index contributed by atoms with van der Waals surface area (Å²) in [6.07, 6.45) is -4.91. The molecule has 3 amide bonds. The first-order chi connectivity index (χ1) is 8.00. The summed E-state index contributed by atoms with van der Waals surface area (Å²) in [4.78, 5) is 34.7. The van der Waals surface area contributed by atoms with Crippen molar-refractivity contribution in [2.45, 2.75) is 32.5 Å². The minimum Gasteiger partial charge on any atom is -0.316 e. The molecule has 0 saturated carbocycles. The van der Waals surface area contributed by atoms with Crippen LogP contribution in [0, 0.1) is 5.92 Å². The van der Waals surface area contributed by atoms with Crippen LogP contribution >= 0.6 is 0 Å². The Morgan fingerprint density at radius 2 is 1.89 bits per heavy atom. The van der Waals surface area contributed by atoms with E-state index in [-0.39, 0.29) is 0 Å². The van der Waals surface area contributed by atoms with Crippen LogP contribution < -0.4 is 5.32 Å².